The fourth-order valence-corrected chi connectivity index (χ4v) is 4.89. The highest BCUT2D eigenvalue weighted by molar-refractivity contribution is 6.30. The van der Waals surface area contributed by atoms with Gasteiger partial charge in [0.1, 0.15) is 30.5 Å². The molecule has 5 aromatic rings. The predicted molar refractivity (Wildman–Crippen MR) is 156 cm³/mol. The number of aromatic nitrogens is 7. The smallest absolute Gasteiger partial charge is 0.215 e. The summed E-state index contributed by atoms with van der Waals surface area (Å²) in [7, 11) is 0. The molecule has 0 radical (unpaired) electrons. The standard InChI is InChI=1S/C29H30Cl2N8O/c1-19-8-12-23(13-9-19)34-25(20-6-5-7-22(31)16-20)27-35-36-37-39(27)26(29(2,3)4)28(38-18-32-17-33-38)40-24-14-10-21(30)11-15-24/h5-18,25-26,28,34H,1-4H3/t25-,26+,28+/m1/s1. The Morgan fingerprint density at radius 3 is 2.33 bits per heavy atom. The highest BCUT2D eigenvalue weighted by Crippen LogP contribution is 2.42. The van der Waals surface area contributed by atoms with Crippen LogP contribution in [0.2, 0.25) is 10.0 Å². The summed E-state index contributed by atoms with van der Waals surface area (Å²) in [5.41, 5.74) is 2.60. The lowest BCUT2D eigenvalue weighted by Gasteiger charge is -2.37. The number of hydrogen-bond donors (Lipinski definition) is 1. The summed E-state index contributed by atoms with van der Waals surface area (Å²) in [4.78, 5) is 4.19. The average molecular weight is 578 g/mol. The molecule has 2 heterocycles. The lowest BCUT2D eigenvalue weighted by molar-refractivity contribution is -0.000433. The van der Waals surface area contributed by atoms with Crippen molar-refractivity contribution in [2.24, 2.45) is 5.41 Å². The number of nitrogens with one attached hydrogen (secondary N) is 1. The SMILES string of the molecule is Cc1ccc(N[C@H](c2cccc(Cl)c2)c2nnnn2[C@@H]([C@H](Oc2ccc(Cl)cc2)n2cncn2)C(C)(C)C)cc1. The first-order chi connectivity index (χ1) is 19.2. The van der Waals surface area contributed by atoms with Gasteiger partial charge in [-0.3, -0.25) is 0 Å². The number of anilines is 1. The Kier molecular flexibility index (Phi) is 8.04. The van der Waals surface area contributed by atoms with Gasteiger partial charge in [0.15, 0.2) is 5.82 Å². The van der Waals surface area contributed by atoms with E-state index in [0.717, 1.165) is 16.8 Å². The Morgan fingerprint density at radius 2 is 1.68 bits per heavy atom. The van der Waals surface area contributed by atoms with Crippen molar-refractivity contribution in [3.63, 3.8) is 0 Å². The largest absolute Gasteiger partial charge is 0.466 e. The van der Waals surface area contributed by atoms with Gasteiger partial charge in [-0.15, -0.1) is 5.10 Å². The van der Waals surface area contributed by atoms with Gasteiger partial charge in [-0.25, -0.2) is 14.3 Å². The minimum Gasteiger partial charge on any atom is -0.466 e. The van der Waals surface area contributed by atoms with Crippen LogP contribution >= 0.6 is 23.2 Å². The molecule has 0 fully saturated rings. The van der Waals surface area contributed by atoms with Gasteiger partial charge < -0.3 is 10.1 Å². The Balaban J connectivity index is 1.63. The van der Waals surface area contributed by atoms with Crippen LogP contribution in [0.4, 0.5) is 5.69 Å². The van der Waals surface area contributed by atoms with Crippen molar-refractivity contribution in [2.75, 3.05) is 5.32 Å². The third-order valence-corrected chi connectivity index (χ3v) is 7.00. The summed E-state index contributed by atoms with van der Waals surface area (Å²) in [6, 6.07) is 22.2. The molecule has 0 aliphatic heterocycles. The molecule has 0 saturated heterocycles. The summed E-state index contributed by atoms with van der Waals surface area (Å²) >= 11 is 12.6. The van der Waals surface area contributed by atoms with Crippen molar-refractivity contribution in [3.8, 4) is 5.75 Å². The molecule has 3 aromatic carbocycles. The fourth-order valence-electron chi connectivity index (χ4n) is 4.57. The van der Waals surface area contributed by atoms with E-state index >= 15 is 0 Å². The topological polar surface area (TPSA) is 95.6 Å². The third-order valence-electron chi connectivity index (χ3n) is 6.51. The minimum absolute atomic E-state index is 0.393. The number of hydrogen-bond acceptors (Lipinski definition) is 7. The molecule has 0 aliphatic carbocycles. The first kappa shape index (κ1) is 27.6. The monoisotopic (exact) mass is 576 g/mol. The summed E-state index contributed by atoms with van der Waals surface area (Å²) in [5, 5.41) is 22.5. The van der Waals surface area contributed by atoms with Gasteiger partial charge in [-0.2, -0.15) is 5.10 Å². The molecule has 3 atom stereocenters. The lowest BCUT2D eigenvalue weighted by Crippen LogP contribution is -2.38. The molecule has 9 nitrogen and oxygen atoms in total. The van der Waals surface area contributed by atoms with Gasteiger partial charge in [-0.1, -0.05) is 73.8 Å². The summed E-state index contributed by atoms with van der Waals surface area (Å²) in [5.74, 6) is 1.21. The van der Waals surface area contributed by atoms with E-state index in [4.69, 9.17) is 27.9 Å². The van der Waals surface area contributed by atoms with Crippen LogP contribution in [0.3, 0.4) is 0 Å². The predicted octanol–water partition coefficient (Wildman–Crippen LogP) is 6.95. The zero-order valence-electron chi connectivity index (χ0n) is 22.6. The highest BCUT2D eigenvalue weighted by Gasteiger charge is 2.41. The van der Waals surface area contributed by atoms with E-state index in [-0.39, 0.29) is 0 Å². The summed E-state index contributed by atoms with van der Waals surface area (Å²) in [6.45, 7) is 8.39. The van der Waals surface area contributed by atoms with Gasteiger partial charge in [0.25, 0.3) is 0 Å². The van der Waals surface area contributed by atoms with E-state index in [0.29, 0.717) is 21.6 Å². The van der Waals surface area contributed by atoms with Crippen molar-refractivity contribution < 1.29 is 4.74 Å². The molecular formula is C29H30Cl2N8O. The second-order valence-corrected chi connectivity index (χ2v) is 11.5. The van der Waals surface area contributed by atoms with Crippen LogP contribution in [0.5, 0.6) is 5.75 Å². The van der Waals surface area contributed by atoms with E-state index < -0.39 is 23.7 Å². The molecule has 0 amide bonds. The number of ether oxygens (including phenoxy) is 1. The van der Waals surface area contributed by atoms with Crippen LogP contribution in [0.25, 0.3) is 0 Å². The Labute approximate surface area is 243 Å². The molecule has 5 rings (SSSR count). The van der Waals surface area contributed by atoms with E-state index in [1.54, 1.807) is 23.1 Å². The van der Waals surface area contributed by atoms with E-state index in [1.165, 1.54) is 6.33 Å². The van der Waals surface area contributed by atoms with Gasteiger partial charge in [0, 0.05) is 15.7 Å². The Hall–Kier alpha value is -3.95. The third kappa shape index (κ3) is 6.26. The second kappa shape index (κ2) is 11.7. The molecular weight excluding hydrogens is 547 g/mol. The number of tetrazole rings is 1. The van der Waals surface area contributed by atoms with Gasteiger partial charge in [-0.05, 0) is 76.9 Å². The van der Waals surface area contributed by atoms with Crippen LogP contribution < -0.4 is 10.1 Å². The summed E-state index contributed by atoms with van der Waals surface area (Å²) < 4.78 is 10.1. The number of rotatable bonds is 9. The normalized spacial score (nSPS) is 13.9. The van der Waals surface area contributed by atoms with Crippen LogP contribution in [0, 0.1) is 12.3 Å². The molecule has 0 bridgehead atoms. The number of benzene rings is 3. The van der Waals surface area contributed by atoms with E-state index in [9.17, 15) is 0 Å². The van der Waals surface area contributed by atoms with E-state index in [2.05, 4.69) is 70.8 Å². The van der Waals surface area contributed by atoms with E-state index in [1.807, 2.05) is 53.2 Å². The second-order valence-electron chi connectivity index (χ2n) is 10.6. The lowest BCUT2D eigenvalue weighted by atomic mass is 9.85. The maximum Gasteiger partial charge on any atom is 0.215 e. The number of nitrogens with zero attached hydrogens (tertiary/aromatic N) is 7. The number of aryl methyl sites for hydroxylation is 1. The Morgan fingerprint density at radius 1 is 0.925 bits per heavy atom. The molecule has 11 heteroatoms. The highest BCUT2D eigenvalue weighted by atomic mass is 35.5. The molecule has 2 aromatic heterocycles. The van der Waals surface area contributed by atoms with Crippen molar-refractivity contribution in [1.29, 1.82) is 0 Å². The molecule has 40 heavy (non-hydrogen) atoms. The zero-order chi connectivity index (χ0) is 28.3. The average Bonchev–Trinajstić information content (AvgIpc) is 3.61. The van der Waals surface area contributed by atoms with Crippen LogP contribution in [0.1, 0.15) is 56.0 Å². The van der Waals surface area contributed by atoms with Crippen LogP contribution in [-0.4, -0.2) is 35.0 Å². The summed E-state index contributed by atoms with van der Waals surface area (Å²) in [6.07, 6.45) is 2.46. The van der Waals surface area contributed by atoms with Crippen molar-refractivity contribution >= 4 is 28.9 Å². The molecule has 206 valence electrons. The fraction of sp³-hybridized carbons (Fsp3) is 0.276. The van der Waals surface area contributed by atoms with Crippen molar-refractivity contribution in [2.45, 2.75) is 46.0 Å². The minimum atomic E-state index is -0.648. The van der Waals surface area contributed by atoms with Crippen LogP contribution in [-0.2, 0) is 0 Å². The zero-order valence-corrected chi connectivity index (χ0v) is 24.1. The number of halogens is 2. The van der Waals surface area contributed by atoms with Crippen molar-refractivity contribution in [3.05, 3.63) is 112 Å². The van der Waals surface area contributed by atoms with Gasteiger partial charge in [0.05, 0.1) is 0 Å². The molecule has 0 spiro atoms. The molecule has 1 N–H and O–H groups in total. The molecule has 0 saturated carbocycles. The van der Waals surface area contributed by atoms with Gasteiger partial charge in [0.2, 0.25) is 6.23 Å². The maximum absolute atomic E-state index is 6.56. The molecule has 0 unspecified atom stereocenters. The quantitative estimate of drug-likeness (QED) is 0.203. The van der Waals surface area contributed by atoms with Gasteiger partial charge >= 0.3 is 0 Å². The van der Waals surface area contributed by atoms with Crippen LogP contribution in [0.15, 0.2) is 85.5 Å². The first-order valence-corrected chi connectivity index (χ1v) is 13.6. The van der Waals surface area contributed by atoms with Crippen molar-refractivity contribution in [1.82, 2.24) is 35.0 Å². The first-order valence-electron chi connectivity index (χ1n) is 12.8. The maximum atomic E-state index is 6.56. The molecule has 0 aliphatic rings. The Bertz CT molecular complexity index is 1530.